The van der Waals surface area contributed by atoms with E-state index < -0.39 is 0 Å². The van der Waals surface area contributed by atoms with Crippen molar-refractivity contribution in [2.24, 2.45) is 0 Å². The lowest BCUT2D eigenvalue weighted by atomic mass is 9.90. The molecule has 1 aromatic carbocycles. The van der Waals surface area contributed by atoms with Crippen molar-refractivity contribution in [3.05, 3.63) is 42.2 Å². The number of aromatic nitrogens is 2. The van der Waals surface area contributed by atoms with E-state index in [1.54, 1.807) is 24.2 Å². The molecule has 1 fully saturated rings. The first-order valence-corrected chi connectivity index (χ1v) is 8.71. The fraction of sp³-hybridized carbons (Fsp3) is 0.444. The van der Waals surface area contributed by atoms with Crippen LogP contribution in [-0.2, 0) is 0 Å². The summed E-state index contributed by atoms with van der Waals surface area (Å²) in [5, 5.41) is 0.809. The quantitative estimate of drug-likeness (QED) is 0.814. The molecule has 3 rings (SSSR count). The zero-order valence-electron chi connectivity index (χ0n) is 14.2. The molecule has 1 aromatic heterocycles. The predicted molar refractivity (Wildman–Crippen MR) is 97.6 cm³/mol. The molecular formula is C18H26N4S. The third-order valence-electron chi connectivity index (χ3n) is 4.30. The van der Waals surface area contributed by atoms with Gasteiger partial charge >= 0.3 is 0 Å². The van der Waals surface area contributed by atoms with Crippen molar-refractivity contribution >= 4 is 17.4 Å². The highest BCUT2D eigenvalue weighted by atomic mass is 32.2. The van der Waals surface area contributed by atoms with Crippen molar-refractivity contribution in [1.82, 2.24) is 16.1 Å². The first-order chi connectivity index (χ1) is 10.6. The van der Waals surface area contributed by atoms with Crippen LogP contribution in [0.25, 0.3) is 0 Å². The molecule has 0 bridgehead atoms. The van der Waals surface area contributed by atoms with Crippen LogP contribution in [0.3, 0.4) is 0 Å². The van der Waals surface area contributed by atoms with E-state index in [2.05, 4.69) is 53.8 Å². The zero-order valence-corrected chi connectivity index (χ0v) is 15.1. The second-order valence-electron chi connectivity index (χ2n) is 6.53. The number of nitrogens with zero attached hydrogens (tertiary/aromatic N) is 3. The molecule has 3 N–H and O–H groups in total. The Morgan fingerprint density at radius 2 is 1.87 bits per heavy atom. The minimum atomic E-state index is 0. The number of hydrogen-bond acceptors (Lipinski definition) is 5. The van der Waals surface area contributed by atoms with E-state index in [9.17, 15) is 0 Å². The van der Waals surface area contributed by atoms with Gasteiger partial charge in [-0.05, 0) is 75.6 Å². The average molecular weight is 331 g/mol. The molecule has 1 saturated heterocycles. The Kier molecular flexibility index (Phi) is 5.65. The normalized spacial score (nSPS) is 16.7. The summed E-state index contributed by atoms with van der Waals surface area (Å²) in [6.07, 6.45) is 7.43. The lowest BCUT2D eigenvalue weighted by Crippen LogP contribution is -2.47. The average Bonchev–Trinajstić information content (AvgIpc) is 2.49. The second kappa shape index (κ2) is 7.32. The predicted octanol–water partition coefficient (Wildman–Crippen LogP) is 4.87. The van der Waals surface area contributed by atoms with Gasteiger partial charge in [0.1, 0.15) is 0 Å². The first kappa shape index (κ1) is 17.8. The van der Waals surface area contributed by atoms with E-state index in [0.29, 0.717) is 0 Å². The van der Waals surface area contributed by atoms with Crippen LogP contribution < -0.4 is 11.1 Å². The number of anilines is 1. The third kappa shape index (κ3) is 4.03. The molecule has 0 aliphatic carbocycles. The summed E-state index contributed by atoms with van der Waals surface area (Å²) >= 11 is 1.66. The summed E-state index contributed by atoms with van der Waals surface area (Å²) in [5.74, 6) is 0. The van der Waals surface area contributed by atoms with E-state index in [1.165, 1.54) is 35.4 Å². The molecule has 0 saturated carbocycles. The molecule has 5 heteroatoms. The molecule has 2 heterocycles. The SMILES string of the molecule is Cc1ccc(N2CCCCC2(C)C)c(Sc2ncccn2)c1.N. The maximum absolute atomic E-state index is 4.36. The van der Waals surface area contributed by atoms with Crippen molar-refractivity contribution in [3.8, 4) is 0 Å². The van der Waals surface area contributed by atoms with Crippen molar-refractivity contribution in [1.29, 1.82) is 0 Å². The largest absolute Gasteiger partial charge is 0.365 e. The zero-order chi connectivity index (χ0) is 15.6. The Morgan fingerprint density at radius 3 is 2.57 bits per heavy atom. The molecule has 0 atom stereocenters. The van der Waals surface area contributed by atoms with Gasteiger partial charge in [-0.25, -0.2) is 9.97 Å². The van der Waals surface area contributed by atoms with Gasteiger partial charge in [0.2, 0.25) is 0 Å². The molecule has 0 amide bonds. The fourth-order valence-corrected chi connectivity index (χ4v) is 4.03. The Balaban J connectivity index is 0.00000192. The summed E-state index contributed by atoms with van der Waals surface area (Å²) < 4.78 is 0. The number of hydrogen-bond donors (Lipinski definition) is 1. The van der Waals surface area contributed by atoms with Gasteiger partial charge < -0.3 is 11.1 Å². The van der Waals surface area contributed by atoms with Crippen LogP contribution in [0.2, 0.25) is 0 Å². The molecule has 124 valence electrons. The van der Waals surface area contributed by atoms with Crippen molar-refractivity contribution < 1.29 is 0 Å². The van der Waals surface area contributed by atoms with Crippen LogP contribution >= 0.6 is 11.8 Å². The molecule has 0 unspecified atom stereocenters. The first-order valence-electron chi connectivity index (χ1n) is 7.89. The molecule has 0 radical (unpaired) electrons. The lowest BCUT2D eigenvalue weighted by Gasteiger charge is -2.45. The Morgan fingerprint density at radius 1 is 1.13 bits per heavy atom. The third-order valence-corrected chi connectivity index (χ3v) is 5.24. The molecule has 4 nitrogen and oxygen atoms in total. The van der Waals surface area contributed by atoms with Crippen LogP contribution in [0.15, 0.2) is 46.7 Å². The van der Waals surface area contributed by atoms with Crippen molar-refractivity contribution in [3.63, 3.8) is 0 Å². The molecule has 23 heavy (non-hydrogen) atoms. The second-order valence-corrected chi connectivity index (χ2v) is 7.53. The minimum absolute atomic E-state index is 0. The van der Waals surface area contributed by atoms with Gasteiger partial charge in [0, 0.05) is 29.4 Å². The number of benzene rings is 1. The highest BCUT2D eigenvalue weighted by molar-refractivity contribution is 7.99. The molecule has 2 aromatic rings. The van der Waals surface area contributed by atoms with Crippen molar-refractivity contribution in [2.75, 3.05) is 11.4 Å². The van der Waals surface area contributed by atoms with Crippen LogP contribution in [0.4, 0.5) is 5.69 Å². The number of aryl methyl sites for hydroxylation is 1. The van der Waals surface area contributed by atoms with Crippen LogP contribution in [-0.4, -0.2) is 22.1 Å². The van der Waals surface area contributed by atoms with Gasteiger partial charge in [0.15, 0.2) is 5.16 Å². The lowest BCUT2D eigenvalue weighted by molar-refractivity contribution is 0.360. The van der Waals surface area contributed by atoms with E-state index in [0.717, 1.165) is 11.7 Å². The molecule has 1 aliphatic heterocycles. The minimum Gasteiger partial charge on any atom is -0.365 e. The summed E-state index contributed by atoms with van der Waals surface area (Å²) in [6, 6.07) is 8.57. The van der Waals surface area contributed by atoms with Crippen LogP contribution in [0.1, 0.15) is 38.7 Å². The summed E-state index contributed by atoms with van der Waals surface area (Å²) in [6.45, 7) is 7.96. The Bertz CT molecular complexity index is 643. The standard InChI is InChI=1S/C18H23N3S.H3N/c1-14-7-8-15(21-12-5-4-9-18(21,2)3)16(13-14)22-17-19-10-6-11-20-17;/h6-8,10-11,13H,4-5,9,12H2,1-3H3;1H3. The van der Waals surface area contributed by atoms with Gasteiger partial charge in [-0.3, -0.25) is 0 Å². The van der Waals surface area contributed by atoms with E-state index in [1.807, 2.05) is 6.07 Å². The molecule has 0 spiro atoms. The Hall–Kier alpha value is -1.59. The van der Waals surface area contributed by atoms with E-state index >= 15 is 0 Å². The van der Waals surface area contributed by atoms with E-state index in [-0.39, 0.29) is 11.7 Å². The monoisotopic (exact) mass is 330 g/mol. The van der Waals surface area contributed by atoms with Gasteiger partial charge in [-0.2, -0.15) is 0 Å². The summed E-state index contributed by atoms with van der Waals surface area (Å²) in [5.41, 5.74) is 2.80. The number of piperidine rings is 1. The maximum Gasteiger partial charge on any atom is 0.192 e. The highest BCUT2D eigenvalue weighted by Gasteiger charge is 2.31. The van der Waals surface area contributed by atoms with Crippen LogP contribution in [0, 0.1) is 6.92 Å². The fourth-order valence-electron chi connectivity index (χ4n) is 3.07. The smallest absolute Gasteiger partial charge is 0.192 e. The maximum atomic E-state index is 4.36. The van der Waals surface area contributed by atoms with E-state index in [4.69, 9.17) is 0 Å². The van der Waals surface area contributed by atoms with Crippen molar-refractivity contribution in [2.45, 2.75) is 55.6 Å². The van der Waals surface area contributed by atoms with Gasteiger partial charge in [-0.15, -0.1) is 0 Å². The number of rotatable bonds is 3. The van der Waals surface area contributed by atoms with Gasteiger partial charge in [-0.1, -0.05) is 6.07 Å². The van der Waals surface area contributed by atoms with Gasteiger partial charge in [0.25, 0.3) is 0 Å². The Labute approximate surface area is 143 Å². The van der Waals surface area contributed by atoms with Gasteiger partial charge in [0.05, 0.1) is 5.69 Å². The topological polar surface area (TPSA) is 64.0 Å². The highest BCUT2D eigenvalue weighted by Crippen LogP contribution is 2.40. The molecular weight excluding hydrogens is 304 g/mol. The summed E-state index contributed by atoms with van der Waals surface area (Å²) in [4.78, 5) is 12.5. The van der Waals surface area contributed by atoms with Crippen LogP contribution in [0.5, 0.6) is 0 Å². The molecule has 1 aliphatic rings. The summed E-state index contributed by atoms with van der Waals surface area (Å²) in [7, 11) is 0.